The zero-order chi connectivity index (χ0) is 15.1. The summed E-state index contributed by atoms with van der Waals surface area (Å²) in [6.45, 7) is 7.65. The Morgan fingerprint density at radius 1 is 1.25 bits per heavy atom. The maximum absolute atomic E-state index is 13.4. The molecular weight excluding hydrogens is 277 g/mol. The summed E-state index contributed by atoms with van der Waals surface area (Å²) in [6, 6.07) is 3.93. The van der Waals surface area contributed by atoms with Crippen molar-refractivity contribution in [1.29, 1.82) is 0 Å². The van der Waals surface area contributed by atoms with Crippen LogP contribution in [0, 0.1) is 18.7 Å². The van der Waals surface area contributed by atoms with Gasteiger partial charge in [-0.15, -0.1) is 0 Å². The monoisotopic (exact) mass is 299 g/mol. The number of nitrogens with zero attached hydrogens (tertiary/aromatic N) is 1. The molecule has 0 amide bonds. The zero-order valence-electron chi connectivity index (χ0n) is 12.4. The molecule has 1 saturated carbocycles. The largest absolute Gasteiger partial charge is 0.243 e. The van der Waals surface area contributed by atoms with E-state index in [0.29, 0.717) is 5.56 Å². The van der Waals surface area contributed by atoms with Crippen molar-refractivity contribution in [2.45, 2.75) is 57.5 Å². The molecule has 1 unspecified atom stereocenters. The van der Waals surface area contributed by atoms with Gasteiger partial charge in [-0.3, -0.25) is 0 Å². The van der Waals surface area contributed by atoms with Gasteiger partial charge < -0.3 is 0 Å². The summed E-state index contributed by atoms with van der Waals surface area (Å²) in [7, 11) is -3.64. The molecule has 0 N–H and O–H groups in total. The van der Waals surface area contributed by atoms with E-state index in [-0.39, 0.29) is 22.9 Å². The highest BCUT2D eigenvalue weighted by Gasteiger charge is 2.42. The molecule has 5 heteroatoms. The molecule has 112 valence electrons. The lowest BCUT2D eigenvalue weighted by molar-refractivity contribution is 0.268. The van der Waals surface area contributed by atoms with E-state index in [2.05, 4.69) is 0 Å². The summed E-state index contributed by atoms with van der Waals surface area (Å²) < 4.78 is 40.8. The maximum atomic E-state index is 13.4. The van der Waals surface area contributed by atoms with Crippen LogP contribution in [0.3, 0.4) is 0 Å². The first kappa shape index (κ1) is 15.4. The van der Waals surface area contributed by atoms with Crippen molar-refractivity contribution in [2.24, 2.45) is 5.92 Å². The van der Waals surface area contributed by atoms with Gasteiger partial charge in [0, 0.05) is 12.1 Å². The Labute approximate surface area is 120 Å². The zero-order valence-corrected chi connectivity index (χ0v) is 13.2. The second-order valence-corrected chi connectivity index (χ2v) is 7.77. The number of sulfonamides is 1. The van der Waals surface area contributed by atoms with Crippen molar-refractivity contribution in [1.82, 2.24) is 4.31 Å². The highest BCUT2D eigenvalue weighted by atomic mass is 32.2. The standard InChI is InChI=1S/C15H22FNO2S/c1-10(2)12(4)17(14-7-8-14)20(18,19)15-9-13(16)6-5-11(15)3/h5-6,9-10,12,14H,7-8H2,1-4H3. The third kappa shape index (κ3) is 2.88. The van der Waals surface area contributed by atoms with Crippen LogP contribution < -0.4 is 0 Å². The number of benzene rings is 1. The Bertz CT molecular complexity index is 594. The van der Waals surface area contributed by atoms with Crippen LogP contribution in [0.25, 0.3) is 0 Å². The van der Waals surface area contributed by atoms with Gasteiger partial charge in [0.15, 0.2) is 0 Å². The fraction of sp³-hybridized carbons (Fsp3) is 0.600. The summed E-state index contributed by atoms with van der Waals surface area (Å²) in [6.07, 6.45) is 1.79. The second kappa shape index (κ2) is 5.45. The molecule has 0 radical (unpaired) electrons. The van der Waals surface area contributed by atoms with Crippen LogP contribution in [-0.4, -0.2) is 24.8 Å². The van der Waals surface area contributed by atoms with Crippen molar-refractivity contribution in [3.63, 3.8) is 0 Å². The molecule has 1 atom stereocenters. The maximum Gasteiger partial charge on any atom is 0.243 e. The predicted octanol–water partition coefficient (Wildman–Crippen LogP) is 3.33. The lowest BCUT2D eigenvalue weighted by Crippen LogP contribution is -2.43. The molecule has 20 heavy (non-hydrogen) atoms. The van der Waals surface area contributed by atoms with Gasteiger partial charge in [-0.1, -0.05) is 19.9 Å². The Morgan fingerprint density at radius 3 is 2.35 bits per heavy atom. The minimum absolute atomic E-state index is 0.0695. The normalized spacial score (nSPS) is 17.8. The van der Waals surface area contributed by atoms with Crippen molar-refractivity contribution in [3.8, 4) is 0 Å². The van der Waals surface area contributed by atoms with Crippen molar-refractivity contribution >= 4 is 10.0 Å². The van der Waals surface area contributed by atoms with Gasteiger partial charge in [0.2, 0.25) is 10.0 Å². The van der Waals surface area contributed by atoms with E-state index < -0.39 is 15.8 Å². The molecule has 1 aliphatic rings. The number of halogens is 1. The van der Waals surface area contributed by atoms with E-state index in [0.717, 1.165) is 18.9 Å². The van der Waals surface area contributed by atoms with Crippen LogP contribution in [0.5, 0.6) is 0 Å². The lowest BCUT2D eigenvalue weighted by atomic mass is 10.1. The molecule has 1 aromatic rings. The summed E-state index contributed by atoms with van der Waals surface area (Å²) in [5.74, 6) is -0.290. The Kier molecular flexibility index (Phi) is 4.21. The molecule has 1 aromatic carbocycles. The van der Waals surface area contributed by atoms with Crippen molar-refractivity contribution in [3.05, 3.63) is 29.6 Å². The first-order chi connectivity index (χ1) is 9.25. The first-order valence-corrected chi connectivity index (χ1v) is 8.49. The molecule has 0 saturated heterocycles. The molecule has 3 nitrogen and oxygen atoms in total. The molecule has 1 fully saturated rings. The van der Waals surface area contributed by atoms with Gasteiger partial charge >= 0.3 is 0 Å². The van der Waals surface area contributed by atoms with Crippen molar-refractivity contribution in [2.75, 3.05) is 0 Å². The quantitative estimate of drug-likeness (QED) is 0.836. The van der Waals surface area contributed by atoms with E-state index in [1.165, 1.54) is 12.1 Å². The van der Waals surface area contributed by atoms with Crippen LogP contribution in [0.2, 0.25) is 0 Å². The summed E-state index contributed by atoms with van der Waals surface area (Å²) in [4.78, 5) is 0.0944. The minimum atomic E-state index is -3.64. The molecule has 1 aliphatic carbocycles. The fourth-order valence-electron chi connectivity index (χ4n) is 2.34. The highest BCUT2D eigenvalue weighted by Crippen LogP contribution is 2.36. The average molecular weight is 299 g/mol. The van der Waals surface area contributed by atoms with Gasteiger partial charge in [-0.25, -0.2) is 12.8 Å². The summed E-state index contributed by atoms with van der Waals surface area (Å²) >= 11 is 0. The Balaban J connectivity index is 2.48. The molecule has 0 aromatic heterocycles. The Hall–Kier alpha value is -0.940. The Morgan fingerprint density at radius 2 is 1.85 bits per heavy atom. The molecule has 0 aliphatic heterocycles. The topological polar surface area (TPSA) is 37.4 Å². The van der Waals surface area contributed by atoms with E-state index in [4.69, 9.17) is 0 Å². The number of aryl methyl sites for hydroxylation is 1. The summed E-state index contributed by atoms with van der Waals surface area (Å²) in [5, 5.41) is 0. The van der Waals surface area contributed by atoms with E-state index in [1.807, 2.05) is 20.8 Å². The summed E-state index contributed by atoms with van der Waals surface area (Å²) in [5.41, 5.74) is 0.591. The van der Waals surface area contributed by atoms with Crippen LogP contribution in [0.4, 0.5) is 4.39 Å². The molecule has 0 heterocycles. The average Bonchev–Trinajstić information content (AvgIpc) is 3.16. The fourth-order valence-corrected chi connectivity index (χ4v) is 4.58. The van der Waals surface area contributed by atoms with Crippen LogP contribution >= 0.6 is 0 Å². The molecular formula is C15H22FNO2S. The predicted molar refractivity (Wildman–Crippen MR) is 77.5 cm³/mol. The third-order valence-electron chi connectivity index (χ3n) is 3.98. The van der Waals surface area contributed by atoms with E-state index in [1.54, 1.807) is 11.2 Å². The van der Waals surface area contributed by atoms with E-state index in [9.17, 15) is 12.8 Å². The highest BCUT2D eigenvalue weighted by molar-refractivity contribution is 7.89. The first-order valence-electron chi connectivity index (χ1n) is 7.05. The van der Waals surface area contributed by atoms with Gasteiger partial charge in [-0.2, -0.15) is 4.31 Å². The number of hydrogen-bond donors (Lipinski definition) is 0. The molecule has 0 bridgehead atoms. The number of hydrogen-bond acceptors (Lipinski definition) is 2. The SMILES string of the molecule is Cc1ccc(F)cc1S(=O)(=O)N(C1CC1)C(C)C(C)C. The van der Waals surface area contributed by atoms with Crippen LogP contribution in [-0.2, 0) is 10.0 Å². The lowest BCUT2D eigenvalue weighted by Gasteiger charge is -2.31. The number of rotatable bonds is 5. The van der Waals surface area contributed by atoms with Gasteiger partial charge in [0.05, 0.1) is 4.90 Å². The second-order valence-electron chi connectivity index (χ2n) is 5.96. The van der Waals surface area contributed by atoms with E-state index >= 15 is 0 Å². The molecule has 2 rings (SSSR count). The van der Waals surface area contributed by atoms with Gasteiger partial charge in [-0.05, 0) is 50.3 Å². The van der Waals surface area contributed by atoms with Gasteiger partial charge in [0.1, 0.15) is 5.82 Å². The van der Waals surface area contributed by atoms with Crippen molar-refractivity contribution < 1.29 is 12.8 Å². The van der Waals surface area contributed by atoms with Crippen LogP contribution in [0.15, 0.2) is 23.1 Å². The third-order valence-corrected chi connectivity index (χ3v) is 6.16. The minimum Gasteiger partial charge on any atom is -0.207 e. The smallest absolute Gasteiger partial charge is 0.207 e. The van der Waals surface area contributed by atoms with Crippen LogP contribution in [0.1, 0.15) is 39.2 Å². The van der Waals surface area contributed by atoms with Gasteiger partial charge in [0.25, 0.3) is 0 Å². The molecule has 0 spiro atoms.